The van der Waals surface area contributed by atoms with Crippen molar-refractivity contribution in [3.05, 3.63) is 46.4 Å². The molecule has 5 heteroatoms. The van der Waals surface area contributed by atoms with Gasteiger partial charge in [-0.25, -0.2) is 0 Å². The lowest BCUT2D eigenvalue weighted by Gasteiger charge is -2.16. The van der Waals surface area contributed by atoms with Gasteiger partial charge in [-0.1, -0.05) is 6.07 Å². The van der Waals surface area contributed by atoms with Gasteiger partial charge in [0, 0.05) is 18.1 Å². The van der Waals surface area contributed by atoms with E-state index in [0.29, 0.717) is 6.54 Å². The average Bonchev–Trinajstić information content (AvgIpc) is 2.81. The van der Waals surface area contributed by atoms with Gasteiger partial charge in [-0.15, -0.1) is 11.3 Å². The molecule has 0 spiro atoms. The zero-order valence-corrected chi connectivity index (χ0v) is 10.1. The lowest BCUT2D eigenvalue weighted by atomic mass is 10.2. The third kappa shape index (κ3) is 2.62. The van der Waals surface area contributed by atoms with Gasteiger partial charge in [-0.3, -0.25) is 9.78 Å². The zero-order chi connectivity index (χ0) is 12.3. The molecule has 0 radical (unpaired) electrons. The Labute approximate surface area is 103 Å². The Kier molecular flexibility index (Phi) is 3.39. The molecular formula is C12H12N2O2S. The molecule has 0 aliphatic rings. The lowest BCUT2D eigenvalue weighted by molar-refractivity contribution is 0.0783. The van der Waals surface area contributed by atoms with E-state index in [1.807, 2.05) is 17.5 Å². The van der Waals surface area contributed by atoms with E-state index in [1.165, 1.54) is 18.5 Å². The van der Waals surface area contributed by atoms with Crippen LogP contribution < -0.4 is 0 Å². The number of pyridine rings is 1. The Balaban J connectivity index is 2.13. The number of nitrogens with zero attached hydrogens (tertiary/aromatic N) is 2. The second-order valence-electron chi connectivity index (χ2n) is 3.63. The van der Waals surface area contributed by atoms with Gasteiger partial charge in [0.15, 0.2) is 0 Å². The third-order valence-electron chi connectivity index (χ3n) is 2.35. The summed E-state index contributed by atoms with van der Waals surface area (Å²) in [4.78, 5) is 18.5. The summed E-state index contributed by atoms with van der Waals surface area (Å²) in [5, 5.41) is 11.5. The summed E-state index contributed by atoms with van der Waals surface area (Å²) in [5.41, 5.74) is 0.277. The molecule has 0 fully saturated rings. The van der Waals surface area contributed by atoms with Crippen molar-refractivity contribution in [2.24, 2.45) is 0 Å². The van der Waals surface area contributed by atoms with Crippen molar-refractivity contribution in [3.8, 4) is 5.75 Å². The molecule has 2 heterocycles. The quantitative estimate of drug-likeness (QED) is 0.905. The van der Waals surface area contributed by atoms with Gasteiger partial charge in [-0.2, -0.15) is 0 Å². The Morgan fingerprint density at radius 1 is 1.53 bits per heavy atom. The lowest BCUT2D eigenvalue weighted by Crippen LogP contribution is -2.25. The molecule has 0 aromatic carbocycles. The van der Waals surface area contributed by atoms with Crippen LogP contribution >= 0.6 is 11.3 Å². The Morgan fingerprint density at radius 2 is 2.35 bits per heavy atom. The molecule has 1 N–H and O–H groups in total. The van der Waals surface area contributed by atoms with Crippen LogP contribution in [-0.4, -0.2) is 27.9 Å². The minimum Gasteiger partial charge on any atom is -0.505 e. The van der Waals surface area contributed by atoms with Gasteiger partial charge < -0.3 is 10.0 Å². The number of rotatable bonds is 3. The van der Waals surface area contributed by atoms with Crippen LogP contribution in [0.5, 0.6) is 5.75 Å². The third-order valence-corrected chi connectivity index (χ3v) is 3.21. The maximum absolute atomic E-state index is 12.0. The standard InChI is InChI=1S/C12H12N2O2S/c1-14(8-9-3-2-6-17-9)12(16)10-4-5-13-7-11(10)15/h2-7,15H,8H2,1H3. The summed E-state index contributed by atoms with van der Waals surface area (Å²) in [6, 6.07) is 5.44. The summed E-state index contributed by atoms with van der Waals surface area (Å²) in [6.45, 7) is 0.540. The highest BCUT2D eigenvalue weighted by Gasteiger charge is 2.15. The first kappa shape index (κ1) is 11.6. The van der Waals surface area contributed by atoms with Crippen molar-refractivity contribution < 1.29 is 9.90 Å². The van der Waals surface area contributed by atoms with Crippen molar-refractivity contribution >= 4 is 17.2 Å². The molecule has 0 aliphatic heterocycles. The SMILES string of the molecule is CN(Cc1cccs1)C(=O)c1ccncc1O. The number of hydrogen-bond donors (Lipinski definition) is 1. The minimum absolute atomic E-state index is 0.0875. The predicted molar refractivity (Wildman–Crippen MR) is 66.0 cm³/mol. The summed E-state index contributed by atoms with van der Waals surface area (Å²) in [6.07, 6.45) is 2.76. The Hall–Kier alpha value is -1.88. The smallest absolute Gasteiger partial charge is 0.257 e. The van der Waals surface area contributed by atoms with E-state index < -0.39 is 0 Å². The summed E-state index contributed by atoms with van der Waals surface area (Å²) in [7, 11) is 1.71. The van der Waals surface area contributed by atoms with Crippen molar-refractivity contribution in [2.75, 3.05) is 7.05 Å². The van der Waals surface area contributed by atoms with E-state index in [2.05, 4.69) is 4.98 Å². The monoisotopic (exact) mass is 248 g/mol. The largest absolute Gasteiger partial charge is 0.505 e. The molecule has 0 aliphatic carbocycles. The molecule has 0 atom stereocenters. The van der Waals surface area contributed by atoms with Gasteiger partial charge in [-0.05, 0) is 17.5 Å². The first-order chi connectivity index (χ1) is 8.18. The minimum atomic E-state index is -0.210. The fourth-order valence-corrected chi connectivity index (χ4v) is 2.24. The highest BCUT2D eigenvalue weighted by molar-refractivity contribution is 7.09. The van der Waals surface area contributed by atoms with Crippen molar-refractivity contribution in [3.63, 3.8) is 0 Å². The number of aromatic nitrogens is 1. The number of carbonyl (C=O) groups excluding carboxylic acids is 1. The van der Waals surface area contributed by atoms with E-state index >= 15 is 0 Å². The second kappa shape index (κ2) is 4.97. The van der Waals surface area contributed by atoms with E-state index in [4.69, 9.17) is 0 Å². The van der Waals surface area contributed by atoms with Crippen LogP contribution in [0.2, 0.25) is 0 Å². The second-order valence-corrected chi connectivity index (χ2v) is 4.67. The summed E-state index contributed by atoms with van der Waals surface area (Å²) < 4.78 is 0. The summed E-state index contributed by atoms with van der Waals surface area (Å²) in [5.74, 6) is -0.297. The van der Waals surface area contributed by atoms with Crippen LogP contribution in [0.1, 0.15) is 15.2 Å². The van der Waals surface area contributed by atoms with E-state index in [9.17, 15) is 9.90 Å². The highest BCUT2D eigenvalue weighted by Crippen LogP contribution is 2.18. The number of carbonyl (C=O) groups is 1. The molecule has 2 aromatic rings. The molecule has 17 heavy (non-hydrogen) atoms. The van der Waals surface area contributed by atoms with E-state index in [0.717, 1.165) is 4.88 Å². The normalized spacial score (nSPS) is 10.2. The fourth-order valence-electron chi connectivity index (χ4n) is 1.48. The summed E-state index contributed by atoms with van der Waals surface area (Å²) >= 11 is 1.60. The first-order valence-electron chi connectivity index (χ1n) is 5.09. The van der Waals surface area contributed by atoms with Crippen LogP contribution in [-0.2, 0) is 6.54 Å². The number of aromatic hydroxyl groups is 1. The van der Waals surface area contributed by atoms with Gasteiger partial charge in [0.2, 0.25) is 0 Å². The zero-order valence-electron chi connectivity index (χ0n) is 9.33. The van der Waals surface area contributed by atoms with Crippen LogP contribution in [0.25, 0.3) is 0 Å². The van der Waals surface area contributed by atoms with Gasteiger partial charge in [0.25, 0.3) is 5.91 Å². The molecular weight excluding hydrogens is 236 g/mol. The van der Waals surface area contributed by atoms with Gasteiger partial charge in [0.1, 0.15) is 5.75 Å². The van der Waals surface area contributed by atoms with Crippen LogP contribution in [0, 0.1) is 0 Å². The van der Waals surface area contributed by atoms with Crippen molar-refractivity contribution in [1.82, 2.24) is 9.88 Å². The molecule has 0 saturated carbocycles. The van der Waals surface area contributed by atoms with Gasteiger partial charge in [0.05, 0.1) is 18.3 Å². The predicted octanol–water partition coefficient (Wildman–Crippen LogP) is 2.12. The average molecular weight is 248 g/mol. The van der Waals surface area contributed by atoms with Crippen LogP contribution in [0.4, 0.5) is 0 Å². The maximum Gasteiger partial charge on any atom is 0.257 e. The highest BCUT2D eigenvalue weighted by atomic mass is 32.1. The van der Waals surface area contributed by atoms with Crippen LogP contribution in [0.3, 0.4) is 0 Å². The van der Waals surface area contributed by atoms with E-state index in [1.54, 1.807) is 23.3 Å². The first-order valence-corrected chi connectivity index (χ1v) is 5.97. The number of amides is 1. The van der Waals surface area contributed by atoms with Crippen LogP contribution in [0.15, 0.2) is 36.0 Å². The molecule has 2 aromatic heterocycles. The number of hydrogen-bond acceptors (Lipinski definition) is 4. The Morgan fingerprint density at radius 3 is 3.00 bits per heavy atom. The molecule has 4 nitrogen and oxygen atoms in total. The van der Waals surface area contributed by atoms with E-state index in [-0.39, 0.29) is 17.2 Å². The topological polar surface area (TPSA) is 53.4 Å². The fraction of sp³-hybridized carbons (Fsp3) is 0.167. The maximum atomic E-state index is 12.0. The molecule has 0 saturated heterocycles. The van der Waals surface area contributed by atoms with Crippen molar-refractivity contribution in [2.45, 2.75) is 6.54 Å². The Bertz CT molecular complexity index is 511. The number of thiophene rings is 1. The molecule has 2 rings (SSSR count). The van der Waals surface area contributed by atoms with Crippen molar-refractivity contribution in [1.29, 1.82) is 0 Å². The van der Waals surface area contributed by atoms with Gasteiger partial charge >= 0.3 is 0 Å². The molecule has 88 valence electrons. The molecule has 0 bridgehead atoms. The molecule has 1 amide bonds. The molecule has 0 unspecified atom stereocenters.